The summed E-state index contributed by atoms with van der Waals surface area (Å²) in [5, 5.41) is 19.1. The van der Waals surface area contributed by atoms with E-state index < -0.39 is 0 Å². The van der Waals surface area contributed by atoms with Gasteiger partial charge in [-0.3, -0.25) is 4.79 Å². The van der Waals surface area contributed by atoms with E-state index in [1.165, 1.54) is 0 Å². The van der Waals surface area contributed by atoms with Crippen molar-refractivity contribution in [2.45, 2.75) is 32.6 Å². The molecule has 0 saturated carbocycles. The van der Waals surface area contributed by atoms with Crippen molar-refractivity contribution >= 4 is 34.7 Å². The van der Waals surface area contributed by atoms with Gasteiger partial charge in [0.15, 0.2) is 0 Å². The molecule has 0 unspecified atom stereocenters. The molecule has 2 N–H and O–H groups in total. The highest BCUT2D eigenvalue weighted by molar-refractivity contribution is 8.03. The van der Waals surface area contributed by atoms with Gasteiger partial charge in [0, 0.05) is 21.8 Å². The van der Waals surface area contributed by atoms with Gasteiger partial charge >= 0.3 is 0 Å². The van der Waals surface area contributed by atoms with Crippen LogP contribution < -0.4 is 10.6 Å². The number of carbonyl (C=O) groups is 1. The first-order chi connectivity index (χ1) is 13.7. The number of dihydropyridines is 1. The Hall–Kier alpha value is -2.49. The van der Waals surface area contributed by atoms with Crippen molar-refractivity contribution in [3.05, 3.63) is 74.6 Å². The second kappa shape index (κ2) is 9.63. The number of nitrogens with one attached hydrogen (secondary N) is 2. The highest BCUT2D eigenvalue weighted by Crippen LogP contribution is 2.42. The van der Waals surface area contributed by atoms with Crippen molar-refractivity contribution in [1.29, 1.82) is 5.26 Å². The van der Waals surface area contributed by atoms with Crippen molar-refractivity contribution in [3.8, 4) is 6.07 Å². The smallest absolute Gasteiger partial charge is 0.254 e. The number of unbranched alkanes of at least 4 members (excludes halogenated alkanes) is 1. The van der Waals surface area contributed by atoms with Crippen LogP contribution in [0.25, 0.3) is 0 Å². The molecule has 1 amide bonds. The third kappa shape index (κ3) is 4.49. The van der Waals surface area contributed by atoms with Crippen molar-refractivity contribution < 1.29 is 4.79 Å². The van der Waals surface area contributed by atoms with E-state index in [9.17, 15) is 10.1 Å². The number of thiophene rings is 1. The molecule has 6 heteroatoms. The van der Waals surface area contributed by atoms with Crippen LogP contribution in [0.2, 0.25) is 0 Å². The summed E-state index contributed by atoms with van der Waals surface area (Å²) >= 11 is 3.23. The van der Waals surface area contributed by atoms with Crippen LogP contribution in [-0.2, 0) is 4.79 Å². The molecule has 2 aromatic rings. The maximum absolute atomic E-state index is 13.2. The van der Waals surface area contributed by atoms with Crippen LogP contribution in [0.3, 0.4) is 0 Å². The maximum atomic E-state index is 13.2. The summed E-state index contributed by atoms with van der Waals surface area (Å²) < 4.78 is 0. The molecule has 0 radical (unpaired) electrons. The fraction of sp³-hybridized carbons (Fsp3) is 0.273. The summed E-state index contributed by atoms with van der Waals surface area (Å²) in [6.45, 7) is 4.06. The minimum absolute atomic E-state index is 0.181. The summed E-state index contributed by atoms with van der Waals surface area (Å²) in [4.78, 5) is 14.2. The number of hydrogen-bond acceptors (Lipinski definition) is 5. The number of allylic oxidation sites excluding steroid dienone is 2. The average molecular weight is 410 g/mol. The monoisotopic (exact) mass is 409 g/mol. The van der Waals surface area contributed by atoms with Crippen LogP contribution in [0.15, 0.2) is 69.7 Å². The summed E-state index contributed by atoms with van der Waals surface area (Å²) in [5.41, 5.74) is 2.75. The minimum Gasteiger partial charge on any atom is -0.353 e. The molecule has 0 bridgehead atoms. The maximum Gasteiger partial charge on any atom is 0.254 e. The summed E-state index contributed by atoms with van der Waals surface area (Å²) in [6.07, 6.45) is 2.19. The zero-order chi connectivity index (χ0) is 19.9. The molecular formula is C22H23N3OS2. The Labute approximate surface area is 174 Å². The van der Waals surface area contributed by atoms with Gasteiger partial charge in [0.2, 0.25) is 0 Å². The second-order valence-electron chi connectivity index (χ2n) is 6.49. The minimum atomic E-state index is -0.348. The normalized spacial score (nSPS) is 16.5. The van der Waals surface area contributed by atoms with E-state index in [2.05, 4.69) is 23.6 Å². The first-order valence-corrected chi connectivity index (χ1v) is 11.2. The number of thioether (sulfide) groups is 1. The van der Waals surface area contributed by atoms with Crippen LogP contribution in [-0.4, -0.2) is 11.7 Å². The molecule has 1 aromatic carbocycles. The van der Waals surface area contributed by atoms with Crippen molar-refractivity contribution in [3.63, 3.8) is 0 Å². The Balaban J connectivity index is 1.97. The largest absolute Gasteiger partial charge is 0.353 e. The van der Waals surface area contributed by atoms with Gasteiger partial charge < -0.3 is 10.6 Å². The van der Waals surface area contributed by atoms with Crippen molar-refractivity contribution in [2.24, 2.45) is 0 Å². The third-order valence-corrected chi connectivity index (χ3v) is 6.54. The Morgan fingerprint density at radius 1 is 1.29 bits per heavy atom. The lowest BCUT2D eigenvalue weighted by atomic mass is 9.86. The number of para-hydroxylation sites is 1. The molecule has 0 saturated heterocycles. The number of nitriles is 1. The average Bonchev–Trinajstić information content (AvgIpc) is 3.23. The van der Waals surface area contributed by atoms with Gasteiger partial charge in [-0.15, -0.1) is 23.1 Å². The quantitative estimate of drug-likeness (QED) is 0.583. The van der Waals surface area contributed by atoms with Crippen LogP contribution >= 0.6 is 23.1 Å². The van der Waals surface area contributed by atoms with Crippen LogP contribution in [0.5, 0.6) is 0 Å². The number of nitrogens with zero attached hydrogens (tertiary/aromatic N) is 1. The van der Waals surface area contributed by atoms with E-state index in [1.807, 2.05) is 54.8 Å². The fourth-order valence-corrected chi connectivity index (χ4v) is 5.13. The zero-order valence-electron chi connectivity index (χ0n) is 16.0. The predicted octanol–water partition coefficient (Wildman–Crippen LogP) is 5.62. The molecule has 28 heavy (non-hydrogen) atoms. The first-order valence-electron chi connectivity index (χ1n) is 9.30. The van der Waals surface area contributed by atoms with E-state index in [0.717, 1.165) is 39.9 Å². The summed E-state index contributed by atoms with van der Waals surface area (Å²) in [6, 6.07) is 15.7. The fourth-order valence-electron chi connectivity index (χ4n) is 3.11. The molecular weight excluding hydrogens is 386 g/mol. The highest BCUT2D eigenvalue weighted by Gasteiger charge is 2.35. The highest BCUT2D eigenvalue weighted by atomic mass is 32.2. The van der Waals surface area contributed by atoms with E-state index in [-0.39, 0.29) is 11.8 Å². The van der Waals surface area contributed by atoms with Crippen molar-refractivity contribution in [1.82, 2.24) is 5.32 Å². The molecule has 144 valence electrons. The molecule has 0 fully saturated rings. The Bertz CT molecular complexity index is 924. The Morgan fingerprint density at radius 3 is 2.71 bits per heavy atom. The van der Waals surface area contributed by atoms with Crippen LogP contribution in [0.4, 0.5) is 5.69 Å². The number of amides is 1. The van der Waals surface area contributed by atoms with Gasteiger partial charge in [-0.25, -0.2) is 0 Å². The van der Waals surface area contributed by atoms with Crippen molar-refractivity contribution in [2.75, 3.05) is 11.1 Å². The summed E-state index contributed by atoms with van der Waals surface area (Å²) in [7, 11) is 0. The molecule has 2 heterocycles. The van der Waals surface area contributed by atoms with Gasteiger partial charge in [0.25, 0.3) is 5.91 Å². The molecule has 0 spiro atoms. The number of carbonyl (C=O) groups excluding carboxylic acids is 1. The molecule has 1 atom stereocenters. The predicted molar refractivity (Wildman–Crippen MR) is 118 cm³/mol. The van der Waals surface area contributed by atoms with Gasteiger partial charge in [-0.05, 0) is 42.7 Å². The summed E-state index contributed by atoms with van der Waals surface area (Å²) in [5.74, 6) is 0.416. The lowest BCUT2D eigenvalue weighted by Gasteiger charge is -2.29. The van der Waals surface area contributed by atoms with Gasteiger partial charge in [-0.2, -0.15) is 5.26 Å². The molecule has 4 nitrogen and oxygen atoms in total. The number of hydrogen-bond donors (Lipinski definition) is 2. The molecule has 0 aliphatic carbocycles. The zero-order valence-corrected chi connectivity index (χ0v) is 17.6. The topological polar surface area (TPSA) is 64.9 Å². The van der Waals surface area contributed by atoms with E-state index in [0.29, 0.717) is 11.1 Å². The third-order valence-electron chi connectivity index (χ3n) is 4.50. The lowest BCUT2D eigenvalue weighted by molar-refractivity contribution is -0.113. The van der Waals surface area contributed by atoms with Crippen LogP contribution in [0, 0.1) is 11.3 Å². The van der Waals surface area contributed by atoms with E-state index in [4.69, 9.17) is 0 Å². The van der Waals surface area contributed by atoms with E-state index >= 15 is 0 Å². The Morgan fingerprint density at radius 2 is 2.07 bits per heavy atom. The first kappa shape index (κ1) is 20.2. The SMILES string of the molecule is CCCCSC1=C(C#N)[C@H](c2cccs2)C(C(=O)Nc2ccccc2)=C(C)N1. The standard InChI is InChI=1S/C22H23N3OS2/c1-3-4-12-28-22-17(14-23)20(18-11-8-13-27-18)19(15(2)24-22)21(26)25-16-9-6-5-7-10-16/h5-11,13,20,24H,3-4,12H2,1-2H3,(H,25,26)/t20-/m1/s1. The molecule has 1 aliphatic heterocycles. The van der Waals surface area contributed by atoms with E-state index in [1.54, 1.807) is 23.1 Å². The molecule has 3 rings (SSSR count). The van der Waals surface area contributed by atoms with Gasteiger partial charge in [0.1, 0.15) is 0 Å². The molecule has 1 aliphatic rings. The van der Waals surface area contributed by atoms with Crippen LogP contribution in [0.1, 0.15) is 37.5 Å². The lowest BCUT2D eigenvalue weighted by Crippen LogP contribution is -2.30. The van der Waals surface area contributed by atoms with Gasteiger partial charge in [-0.1, -0.05) is 37.6 Å². The Kier molecular flexibility index (Phi) is 6.96. The number of benzene rings is 1. The molecule has 1 aromatic heterocycles. The van der Waals surface area contributed by atoms with Gasteiger partial charge in [0.05, 0.1) is 22.6 Å². The number of anilines is 1. The number of rotatable bonds is 7. The second-order valence-corrected chi connectivity index (χ2v) is 8.57.